The van der Waals surface area contributed by atoms with Gasteiger partial charge in [0.2, 0.25) is 11.8 Å². The summed E-state index contributed by atoms with van der Waals surface area (Å²) >= 11 is 0. The minimum absolute atomic E-state index is 0.0344. The third-order valence-electron chi connectivity index (χ3n) is 5.76. The Kier molecular flexibility index (Phi) is 6.63. The van der Waals surface area contributed by atoms with Crippen molar-refractivity contribution >= 4 is 11.8 Å². The number of benzene rings is 2. The normalized spacial score (nSPS) is 15.5. The van der Waals surface area contributed by atoms with Gasteiger partial charge in [0.25, 0.3) is 0 Å². The second-order valence-electron chi connectivity index (χ2n) is 8.74. The fourth-order valence-corrected chi connectivity index (χ4v) is 4.06. The number of nitrogens with one attached hydrogen (secondary N) is 1. The number of hydrogen-bond donors (Lipinski definition) is 1. The average molecular weight is 432 g/mol. The van der Waals surface area contributed by atoms with Gasteiger partial charge in [-0.05, 0) is 28.2 Å². The van der Waals surface area contributed by atoms with E-state index in [-0.39, 0.29) is 17.7 Å². The second kappa shape index (κ2) is 9.77. The number of nitrogens with zero attached hydrogens (tertiary/aromatic N) is 4. The minimum atomic E-state index is -0.484. The summed E-state index contributed by atoms with van der Waals surface area (Å²) in [4.78, 5) is 31.7. The molecule has 1 aliphatic heterocycles. The van der Waals surface area contributed by atoms with Crippen LogP contribution in [0.1, 0.15) is 42.5 Å². The fraction of sp³-hybridized carbons (Fsp3) is 0.360. The van der Waals surface area contributed by atoms with Gasteiger partial charge in [0.15, 0.2) is 0 Å². The van der Waals surface area contributed by atoms with Crippen LogP contribution in [0, 0.1) is 5.92 Å². The van der Waals surface area contributed by atoms with Crippen molar-refractivity contribution in [1.82, 2.24) is 25.0 Å². The quantitative estimate of drug-likeness (QED) is 0.624. The van der Waals surface area contributed by atoms with Gasteiger partial charge >= 0.3 is 0 Å². The molecule has 0 radical (unpaired) electrons. The number of carbonyl (C=O) groups excluding carboxylic acids is 2. The first-order chi connectivity index (χ1) is 15.5. The third kappa shape index (κ3) is 5.22. The third-order valence-corrected chi connectivity index (χ3v) is 5.76. The first-order valence-corrected chi connectivity index (χ1v) is 11.0. The van der Waals surface area contributed by atoms with E-state index in [4.69, 9.17) is 0 Å². The van der Waals surface area contributed by atoms with Crippen molar-refractivity contribution in [2.24, 2.45) is 5.92 Å². The molecule has 7 nitrogen and oxygen atoms in total. The van der Waals surface area contributed by atoms with Crippen LogP contribution in [0.2, 0.25) is 0 Å². The predicted molar refractivity (Wildman–Crippen MR) is 121 cm³/mol. The number of fused-ring (bicyclic) bond motifs is 1. The van der Waals surface area contributed by atoms with E-state index in [0.29, 0.717) is 32.5 Å². The van der Waals surface area contributed by atoms with Crippen LogP contribution >= 0.6 is 0 Å². The highest BCUT2D eigenvalue weighted by molar-refractivity contribution is 5.88. The van der Waals surface area contributed by atoms with Gasteiger partial charge in [-0.15, -0.1) is 0 Å². The highest BCUT2D eigenvalue weighted by atomic mass is 16.2. The van der Waals surface area contributed by atoms with Gasteiger partial charge in [0.1, 0.15) is 18.7 Å². The topological polar surface area (TPSA) is 80.1 Å². The van der Waals surface area contributed by atoms with Gasteiger partial charge in [0, 0.05) is 25.9 Å². The lowest BCUT2D eigenvalue weighted by Crippen LogP contribution is -2.52. The zero-order valence-corrected chi connectivity index (χ0v) is 18.6. The standard InChI is InChI=1S/C25H29N5O2/c1-18(2)11-24(31)30-15-22-6-4-3-5-21(22)12-23(30)25(32)27-13-19-7-9-20(10-8-19)14-29-17-26-16-28-29/h3-10,16-18,23H,11-15H2,1-2H3,(H,27,32). The van der Waals surface area contributed by atoms with E-state index >= 15 is 0 Å². The van der Waals surface area contributed by atoms with E-state index < -0.39 is 6.04 Å². The molecule has 2 heterocycles. The molecule has 1 N–H and O–H groups in total. The lowest BCUT2D eigenvalue weighted by molar-refractivity contribution is -0.142. The molecule has 7 heteroatoms. The van der Waals surface area contributed by atoms with Gasteiger partial charge in [-0.25, -0.2) is 9.67 Å². The highest BCUT2D eigenvalue weighted by Crippen LogP contribution is 2.25. The average Bonchev–Trinajstić information content (AvgIpc) is 3.30. The Bertz CT molecular complexity index is 1060. The molecule has 1 aromatic heterocycles. The molecule has 0 fully saturated rings. The van der Waals surface area contributed by atoms with Crippen LogP contribution in [0.3, 0.4) is 0 Å². The Balaban J connectivity index is 1.41. The maximum Gasteiger partial charge on any atom is 0.243 e. The molecule has 32 heavy (non-hydrogen) atoms. The van der Waals surface area contributed by atoms with Crippen LogP contribution in [-0.2, 0) is 35.6 Å². The smallest absolute Gasteiger partial charge is 0.243 e. The first-order valence-electron chi connectivity index (χ1n) is 11.0. The maximum atomic E-state index is 13.1. The largest absolute Gasteiger partial charge is 0.350 e. The molecular formula is C25H29N5O2. The van der Waals surface area contributed by atoms with Crippen molar-refractivity contribution in [2.45, 2.75) is 52.4 Å². The number of carbonyl (C=O) groups is 2. The number of aromatic nitrogens is 3. The van der Waals surface area contributed by atoms with Crippen LogP contribution in [0.4, 0.5) is 0 Å². The molecule has 166 valence electrons. The van der Waals surface area contributed by atoms with Crippen LogP contribution < -0.4 is 5.32 Å². The van der Waals surface area contributed by atoms with Gasteiger partial charge in [-0.2, -0.15) is 5.10 Å². The molecule has 0 bridgehead atoms. The van der Waals surface area contributed by atoms with E-state index in [0.717, 1.165) is 22.3 Å². The lowest BCUT2D eigenvalue weighted by Gasteiger charge is -2.36. The van der Waals surface area contributed by atoms with E-state index in [1.165, 1.54) is 6.33 Å². The van der Waals surface area contributed by atoms with Gasteiger partial charge < -0.3 is 10.2 Å². The molecule has 2 aromatic carbocycles. The van der Waals surface area contributed by atoms with E-state index in [2.05, 4.69) is 15.4 Å². The molecule has 2 amide bonds. The van der Waals surface area contributed by atoms with E-state index in [1.807, 2.05) is 62.4 Å². The summed E-state index contributed by atoms with van der Waals surface area (Å²) in [5.41, 5.74) is 4.38. The van der Waals surface area contributed by atoms with Crippen LogP contribution in [0.5, 0.6) is 0 Å². The van der Waals surface area contributed by atoms with Crippen molar-refractivity contribution < 1.29 is 9.59 Å². The summed E-state index contributed by atoms with van der Waals surface area (Å²) in [7, 11) is 0. The summed E-state index contributed by atoms with van der Waals surface area (Å²) in [6.07, 6.45) is 4.19. The highest BCUT2D eigenvalue weighted by Gasteiger charge is 2.34. The van der Waals surface area contributed by atoms with Crippen molar-refractivity contribution in [2.75, 3.05) is 0 Å². The molecule has 1 aliphatic rings. The number of rotatable bonds is 7. The minimum Gasteiger partial charge on any atom is -0.350 e. The molecule has 3 aromatic rings. The Morgan fingerprint density at radius 2 is 1.78 bits per heavy atom. The summed E-state index contributed by atoms with van der Waals surface area (Å²) in [6.45, 7) is 5.61. The lowest BCUT2D eigenvalue weighted by atomic mass is 9.92. The molecule has 4 rings (SSSR count). The molecule has 1 atom stereocenters. The molecule has 0 saturated carbocycles. The number of amides is 2. The molecule has 1 unspecified atom stereocenters. The molecular weight excluding hydrogens is 402 g/mol. The molecule has 0 spiro atoms. The van der Waals surface area contributed by atoms with Gasteiger partial charge in [-0.1, -0.05) is 62.4 Å². The maximum absolute atomic E-state index is 13.1. The predicted octanol–water partition coefficient (Wildman–Crippen LogP) is 2.94. The Labute approximate surface area is 188 Å². The van der Waals surface area contributed by atoms with Gasteiger partial charge in [0.05, 0.1) is 6.54 Å². The summed E-state index contributed by atoms with van der Waals surface area (Å²) < 4.78 is 1.76. The van der Waals surface area contributed by atoms with Crippen LogP contribution in [-0.4, -0.2) is 37.5 Å². The summed E-state index contributed by atoms with van der Waals surface area (Å²) in [5, 5.41) is 7.16. The van der Waals surface area contributed by atoms with Crippen molar-refractivity contribution in [3.05, 3.63) is 83.4 Å². The Morgan fingerprint density at radius 3 is 2.47 bits per heavy atom. The Morgan fingerprint density at radius 1 is 1.06 bits per heavy atom. The first kappa shape index (κ1) is 21.7. The van der Waals surface area contributed by atoms with Crippen molar-refractivity contribution in [3.8, 4) is 0 Å². The summed E-state index contributed by atoms with van der Waals surface area (Å²) in [6, 6.07) is 15.6. The zero-order valence-electron chi connectivity index (χ0n) is 18.6. The number of hydrogen-bond acceptors (Lipinski definition) is 4. The summed E-state index contributed by atoms with van der Waals surface area (Å²) in [5.74, 6) is 0.176. The molecule has 0 aliphatic carbocycles. The van der Waals surface area contributed by atoms with Crippen LogP contribution in [0.15, 0.2) is 61.2 Å². The van der Waals surface area contributed by atoms with E-state index in [1.54, 1.807) is 15.9 Å². The second-order valence-corrected chi connectivity index (χ2v) is 8.74. The van der Waals surface area contributed by atoms with Crippen molar-refractivity contribution in [1.29, 1.82) is 0 Å². The SMILES string of the molecule is CC(C)CC(=O)N1Cc2ccccc2CC1C(=O)NCc1ccc(Cn2cncn2)cc1. The Hall–Kier alpha value is -3.48. The fourth-order valence-electron chi connectivity index (χ4n) is 4.06. The van der Waals surface area contributed by atoms with Crippen LogP contribution in [0.25, 0.3) is 0 Å². The molecule has 0 saturated heterocycles. The monoisotopic (exact) mass is 431 g/mol. The van der Waals surface area contributed by atoms with E-state index in [9.17, 15) is 9.59 Å². The van der Waals surface area contributed by atoms with Gasteiger partial charge in [-0.3, -0.25) is 9.59 Å². The van der Waals surface area contributed by atoms with Crippen molar-refractivity contribution in [3.63, 3.8) is 0 Å². The zero-order chi connectivity index (χ0) is 22.5.